The van der Waals surface area contributed by atoms with Gasteiger partial charge in [0.15, 0.2) is 17.2 Å². The Morgan fingerprint density at radius 1 is 1.15 bits per heavy atom. The maximum atomic E-state index is 13.2. The lowest BCUT2D eigenvalue weighted by Gasteiger charge is -2.38. The van der Waals surface area contributed by atoms with Crippen LogP contribution in [0, 0.1) is 11.3 Å². The van der Waals surface area contributed by atoms with Crippen molar-refractivity contribution in [2.24, 2.45) is 0 Å². The van der Waals surface area contributed by atoms with Crippen LogP contribution >= 0.6 is 11.8 Å². The highest BCUT2D eigenvalue weighted by Gasteiger charge is 2.52. The SMILES string of the molecule is COc1ccc([C@@]2(O)CSC3=C(C#N)[C@@H](c4ccc(C(F)(F)F)cc4)CC(=O)N32)cc1OC. The zero-order valence-corrected chi connectivity index (χ0v) is 18.5. The predicted molar refractivity (Wildman–Crippen MR) is 114 cm³/mol. The number of hydrogen-bond acceptors (Lipinski definition) is 6. The summed E-state index contributed by atoms with van der Waals surface area (Å²) < 4.78 is 49.3. The van der Waals surface area contributed by atoms with Crippen molar-refractivity contribution in [3.63, 3.8) is 0 Å². The molecular weight excluding hydrogens is 457 g/mol. The summed E-state index contributed by atoms with van der Waals surface area (Å²) in [6.45, 7) is 0. The standard InChI is InChI=1S/C23H19F3N2O4S/c1-31-18-8-7-15(9-19(18)32-2)22(30)12-33-21-17(11-27)16(10-20(29)28(21)22)13-3-5-14(6-4-13)23(24,25)26/h3-9,16,30H,10,12H2,1-2H3/t16-,22+/m1/s1. The fraction of sp³-hybridized carbons (Fsp3) is 0.304. The van der Waals surface area contributed by atoms with Gasteiger partial charge in [0, 0.05) is 17.9 Å². The number of rotatable bonds is 4. The molecule has 0 aliphatic carbocycles. The number of nitrogens with zero attached hydrogens (tertiary/aromatic N) is 2. The number of aliphatic hydroxyl groups is 1. The molecule has 1 saturated heterocycles. The molecular formula is C23H19F3N2O4S. The number of ether oxygens (including phenoxy) is 2. The maximum absolute atomic E-state index is 13.2. The van der Waals surface area contributed by atoms with Crippen molar-refractivity contribution in [3.8, 4) is 17.6 Å². The lowest BCUT2D eigenvalue weighted by Crippen LogP contribution is -2.48. The van der Waals surface area contributed by atoms with E-state index in [1.54, 1.807) is 18.2 Å². The van der Waals surface area contributed by atoms with E-state index in [-0.39, 0.29) is 17.7 Å². The molecule has 0 spiro atoms. The summed E-state index contributed by atoms with van der Waals surface area (Å²) >= 11 is 1.15. The van der Waals surface area contributed by atoms with Gasteiger partial charge in [0.1, 0.15) is 0 Å². The van der Waals surface area contributed by atoms with Crippen LogP contribution in [0.15, 0.2) is 53.1 Å². The van der Waals surface area contributed by atoms with Crippen molar-refractivity contribution in [2.45, 2.75) is 24.2 Å². The average molecular weight is 476 g/mol. The second-order valence-electron chi connectivity index (χ2n) is 7.61. The third-order valence-electron chi connectivity index (χ3n) is 5.80. The summed E-state index contributed by atoms with van der Waals surface area (Å²) in [6.07, 6.45) is -4.64. The summed E-state index contributed by atoms with van der Waals surface area (Å²) in [4.78, 5) is 14.4. The molecule has 2 aromatic rings. The zero-order valence-electron chi connectivity index (χ0n) is 17.6. The van der Waals surface area contributed by atoms with Gasteiger partial charge in [-0.25, -0.2) is 0 Å². The van der Waals surface area contributed by atoms with Gasteiger partial charge in [0.05, 0.1) is 42.2 Å². The molecule has 2 heterocycles. The molecule has 0 bridgehead atoms. The van der Waals surface area contributed by atoms with Crippen LogP contribution in [0.2, 0.25) is 0 Å². The van der Waals surface area contributed by atoms with Crippen molar-refractivity contribution < 1.29 is 32.5 Å². The third kappa shape index (κ3) is 3.81. The molecule has 0 radical (unpaired) electrons. The summed E-state index contributed by atoms with van der Waals surface area (Å²) in [5.74, 6) is -0.226. The molecule has 2 aliphatic heterocycles. The van der Waals surface area contributed by atoms with Crippen molar-refractivity contribution in [1.29, 1.82) is 5.26 Å². The minimum atomic E-state index is -4.48. The Morgan fingerprint density at radius 2 is 1.82 bits per heavy atom. The summed E-state index contributed by atoms with van der Waals surface area (Å²) in [7, 11) is 2.93. The normalized spacial score (nSPS) is 22.8. The maximum Gasteiger partial charge on any atom is 0.416 e. The zero-order chi connectivity index (χ0) is 24.0. The monoisotopic (exact) mass is 476 g/mol. The van der Waals surface area contributed by atoms with E-state index in [0.717, 1.165) is 23.9 Å². The quantitative estimate of drug-likeness (QED) is 0.706. The first-order chi connectivity index (χ1) is 15.6. The van der Waals surface area contributed by atoms with Gasteiger partial charge in [-0.15, -0.1) is 11.8 Å². The van der Waals surface area contributed by atoms with E-state index in [4.69, 9.17) is 9.47 Å². The van der Waals surface area contributed by atoms with Crippen LogP contribution < -0.4 is 9.47 Å². The van der Waals surface area contributed by atoms with E-state index in [0.29, 0.717) is 27.7 Å². The van der Waals surface area contributed by atoms with E-state index in [2.05, 4.69) is 6.07 Å². The average Bonchev–Trinajstić information content (AvgIpc) is 3.17. The van der Waals surface area contributed by atoms with Crippen LogP contribution in [0.25, 0.3) is 0 Å². The Balaban J connectivity index is 1.75. The van der Waals surface area contributed by atoms with E-state index in [9.17, 15) is 28.3 Å². The number of benzene rings is 2. The lowest BCUT2D eigenvalue weighted by atomic mass is 9.85. The highest BCUT2D eigenvalue weighted by atomic mass is 32.2. The summed E-state index contributed by atoms with van der Waals surface area (Å²) in [6, 6.07) is 11.4. The molecule has 1 fully saturated rings. The smallest absolute Gasteiger partial charge is 0.416 e. The number of amides is 1. The van der Waals surface area contributed by atoms with Crippen molar-refractivity contribution in [2.75, 3.05) is 20.0 Å². The van der Waals surface area contributed by atoms with Gasteiger partial charge < -0.3 is 14.6 Å². The van der Waals surface area contributed by atoms with Crippen LogP contribution in [-0.4, -0.2) is 35.9 Å². The number of carbonyl (C=O) groups excluding carboxylic acids is 1. The first-order valence-electron chi connectivity index (χ1n) is 9.86. The number of alkyl halides is 3. The van der Waals surface area contributed by atoms with E-state index < -0.39 is 29.3 Å². The van der Waals surface area contributed by atoms with Crippen LogP contribution in [0.3, 0.4) is 0 Å². The first kappa shape index (κ1) is 23.0. The molecule has 2 atom stereocenters. The largest absolute Gasteiger partial charge is 0.493 e. The molecule has 2 aliphatic rings. The molecule has 1 N–H and O–H groups in total. The molecule has 10 heteroatoms. The summed E-state index contributed by atoms with van der Waals surface area (Å²) in [5.41, 5.74) is -1.47. The highest BCUT2D eigenvalue weighted by Crippen LogP contribution is 2.52. The molecule has 6 nitrogen and oxygen atoms in total. The molecule has 2 aromatic carbocycles. The third-order valence-corrected chi connectivity index (χ3v) is 7.02. The molecule has 0 unspecified atom stereocenters. The Labute approximate surface area is 192 Å². The summed E-state index contributed by atoms with van der Waals surface area (Å²) in [5, 5.41) is 21.7. The van der Waals surface area contributed by atoms with Gasteiger partial charge in [-0.3, -0.25) is 9.69 Å². The molecule has 33 heavy (non-hydrogen) atoms. The minimum Gasteiger partial charge on any atom is -0.493 e. The van der Waals surface area contributed by atoms with Crippen LogP contribution in [0.1, 0.15) is 29.0 Å². The van der Waals surface area contributed by atoms with Crippen LogP contribution in [-0.2, 0) is 16.7 Å². The highest BCUT2D eigenvalue weighted by molar-refractivity contribution is 8.03. The van der Waals surface area contributed by atoms with Gasteiger partial charge in [0.25, 0.3) is 0 Å². The Bertz CT molecular complexity index is 1170. The van der Waals surface area contributed by atoms with Gasteiger partial charge in [-0.2, -0.15) is 18.4 Å². The Hall–Kier alpha value is -3.16. The first-order valence-corrected chi connectivity index (χ1v) is 10.8. The number of halogens is 3. The number of nitriles is 1. The number of allylic oxidation sites excluding steroid dienone is 1. The second-order valence-corrected chi connectivity index (χ2v) is 8.58. The van der Waals surface area contributed by atoms with Gasteiger partial charge in [-0.1, -0.05) is 18.2 Å². The van der Waals surface area contributed by atoms with Crippen LogP contribution in [0.5, 0.6) is 11.5 Å². The predicted octanol–water partition coefficient (Wildman–Crippen LogP) is 4.37. The number of thioether (sulfide) groups is 1. The molecule has 0 aromatic heterocycles. The van der Waals surface area contributed by atoms with E-state index >= 15 is 0 Å². The fourth-order valence-corrected chi connectivity index (χ4v) is 5.47. The molecule has 172 valence electrons. The van der Waals surface area contributed by atoms with E-state index in [1.165, 1.54) is 31.3 Å². The van der Waals surface area contributed by atoms with E-state index in [1.807, 2.05) is 0 Å². The fourth-order valence-electron chi connectivity index (χ4n) is 4.11. The topological polar surface area (TPSA) is 82.8 Å². The molecule has 0 saturated carbocycles. The Kier molecular flexibility index (Phi) is 5.80. The lowest BCUT2D eigenvalue weighted by molar-refractivity contribution is -0.149. The van der Waals surface area contributed by atoms with Crippen molar-refractivity contribution >= 4 is 17.7 Å². The minimum absolute atomic E-state index is 0.0778. The van der Waals surface area contributed by atoms with Gasteiger partial charge in [-0.05, 0) is 29.8 Å². The van der Waals surface area contributed by atoms with Crippen molar-refractivity contribution in [1.82, 2.24) is 4.90 Å². The van der Waals surface area contributed by atoms with Gasteiger partial charge in [0.2, 0.25) is 5.91 Å². The number of methoxy groups -OCH3 is 2. The number of hydrogen-bond donors (Lipinski definition) is 1. The van der Waals surface area contributed by atoms with Crippen LogP contribution in [0.4, 0.5) is 13.2 Å². The molecule has 1 amide bonds. The number of carbonyl (C=O) groups is 1. The Morgan fingerprint density at radius 3 is 2.39 bits per heavy atom. The van der Waals surface area contributed by atoms with Gasteiger partial charge >= 0.3 is 6.18 Å². The van der Waals surface area contributed by atoms with Crippen molar-refractivity contribution in [3.05, 3.63) is 69.8 Å². The molecule has 4 rings (SSSR count). The second kappa shape index (κ2) is 8.32. The number of fused-ring (bicyclic) bond motifs is 1.